The third-order valence-corrected chi connectivity index (χ3v) is 3.25. The highest BCUT2D eigenvalue weighted by molar-refractivity contribution is 5.97. The second kappa shape index (κ2) is 5.21. The molecule has 1 heterocycles. The van der Waals surface area contributed by atoms with Crippen molar-refractivity contribution >= 4 is 11.9 Å². The molecule has 1 saturated heterocycles. The van der Waals surface area contributed by atoms with Gasteiger partial charge in [-0.3, -0.25) is 9.69 Å². The van der Waals surface area contributed by atoms with Gasteiger partial charge in [-0.25, -0.2) is 4.79 Å². The van der Waals surface area contributed by atoms with E-state index in [2.05, 4.69) is 0 Å². The first-order valence-electron chi connectivity index (χ1n) is 6.27. The summed E-state index contributed by atoms with van der Waals surface area (Å²) in [5.41, 5.74) is 0.976. The van der Waals surface area contributed by atoms with Crippen LogP contribution in [0.25, 0.3) is 0 Å². The van der Waals surface area contributed by atoms with Crippen molar-refractivity contribution in [3.05, 3.63) is 35.9 Å². The Morgan fingerprint density at radius 2 is 1.89 bits per heavy atom. The van der Waals surface area contributed by atoms with Crippen molar-refractivity contribution in [3.63, 3.8) is 0 Å². The molecule has 1 aromatic carbocycles. The van der Waals surface area contributed by atoms with Gasteiger partial charge in [0.2, 0.25) is 5.91 Å². The van der Waals surface area contributed by atoms with Crippen LogP contribution in [0.1, 0.15) is 19.4 Å². The van der Waals surface area contributed by atoms with E-state index >= 15 is 0 Å². The van der Waals surface area contributed by atoms with Crippen LogP contribution in [0, 0.1) is 5.92 Å². The Hall–Kier alpha value is -1.84. The maximum absolute atomic E-state index is 12.1. The van der Waals surface area contributed by atoms with Crippen molar-refractivity contribution in [2.24, 2.45) is 5.92 Å². The molecule has 0 aromatic heterocycles. The molecule has 0 radical (unpaired) electrons. The largest absolute Gasteiger partial charge is 0.327 e. The first kappa shape index (κ1) is 12.6. The van der Waals surface area contributed by atoms with Gasteiger partial charge in [0.15, 0.2) is 0 Å². The molecular formula is C14H18N2O2. The number of imide groups is 1. The molecule has 0 N–H and O–H groups in total. The topological polar surface area (TPSA) is 40.6 Å². The molecule has 4 nitrogen and oxygen atoms in total. The third-order valence-electron chi connectivity index (χ3n) is 3.25. The quantitative estimate of drug-likeness (QED) is 0.819. The summed E-state index contributed by atoms with van der Waals surface area (Å²) in [6, 6.07) is 9.42. The fourth-order valence-corrected chi connectivity index (χ4v) is 2.19. The normalized spacial score (nSPS) is 20.4. The highest BCUT2D eigenvalue weighted by atomic mass is 16.2. The van der Waals surface area contributed by atoms with Crippen molar-refractivity contribution in [2.45, 2.75) is 20.4 Å². The number of benzene rings is 1. The lowest BCUT2D eigenvalue weighted by Crippen LogP contribution is -2.55. The second-order valence-electron chi connectivity index (χ2n) is 4.63. The van der Waals surface area contributed by atoms with Crippen LogP contribution < -0.4 is 0 Å². The summed E-state index contributed by atoms with van der Waals surface area (Å²) < 4.78 is 0. The van der Waals surface area contributed by atoms with E-state index in [0.717, 1.165) is 5.56 Å². The van der Waals surface area contributed by atoms with Gasteiger partial charge in [-0.1, -0.05) is 37.3 Å². The number of carbonyl (C=O) groups excluding carboxylic acids is 2. The zero-order chi connectivity index (χ0) is 13.1. The standard InChI is InChI=1S/C14H18N2O2/c1-3-15-9-11(2)13(17)16(14(15)18)10-12-7-5-4-6-8-12/h4-8,11H,3,9-10H2,1-2H3. The highest BCUT2D eigenvalue weighted by Gasteiger charge is 2.35. The van der Waals surface area contributed by atoms with E-state index in [1.807, 2.05) is 44.2 Å². The van der Waals surface area contributed by atoms with Crippen LogP contribution in [0.15, 0.2) is 30.3 Å². The van der Waals surface area contributed by atoms with Crippen LogP contribution in [0.5, 0.6) is 0 Å². The molecule has 96 valence electrons. The molecule has 18 heavy (non-hydrogen) atoms. The number of hydrogen-bond donors (Lipinski definition) is 0. The fraction of sp³-hybridized carbons (Fsp3) is 0.429. The van der Waals surface area contributed by atoms with Gasteiger partial charge >= 0.3 is 6.03 Å². The monoisotopic (exact) mass is 246 g/mol. The maximum atomic E-state index is 12.1. The summed E-state index contributed by atoms with van der Waals surface area (Å²) >= 11 is 0. The molecule has 3 amide bonds. The van der Waals surface area contributed by atoms with Crippen LogP contribution in [0.4, 0.5) is 4.79 Å². The predicted octanol–water partition coefficient (Wildman–Crippen LogP) is 2.11. The van der Waals surface area contributed by atoms with Gasteiger partial charge in [-0.15, -0.1) is 0 Å². The number of urea groups is 1. The van der Waals surface area contributed by atoms with Crippen LogP contribution in [0.2, 0.25) is 0 Å². The summed E-state index contributed by atoms with van der Waals surface area (Å²) in [4.78, 5) is 27.3. The number of rotatable bonds is 3. The summed E-state index contributed by atoms with van der Waals surface area (Å²) in [6.45, 7) is 5.33. The highest BCUT2D eigenvalue weighted by Crippen LogP contribution is 2.18. The van der Waals surface area contributed by atoms with E-state index in [9.17, 15) is 9.59 Å². The van der Waals surface area contributed by atoms with E-state index in [1.165, 1.54) is 4.90 Å². The first-order chi connectivity index (χ1) is 8.63. The Bertz CT molecular complexity index is 444. The molecule has 1 fully saturated rings. The van der Waals surface area contributed by atoms with Gasteiger partial charge in [-0.05, 0) is 12.5 Å². The van der Waals surface area contributed by atoms with Gasteiger partial charge in [0, 0.05) is 13.1 Å². The number of hydrogen-bond acceptors (Lipinski definition) is 2. The molecule has 0 spiro atoms. The first-order valence-corrected chi connectivity index (χ1v) is 6.27. The molecule has 1 unspecified atom stereocenters. The van der Waals surface area contributed by atoms with Crippen molar-refractivity contribution in [1.29, 1.82) is 0 Å². The Labute approximate surface area is 107 Å². The van der Waals surface area contributed by atoms with Gasteiger partial charge < -0.3 is 4.90 Å². The molecule has 0 bridgehead atoms. The molecule has 1 atom stereocenters. The number of amides is 3. The zero-order valence-electron chi connectivity index (χ0n) is 10.8. The zero-order valence-corrected chi connectivity index (χ0v) is 10.8. The summed E-state index contributed by atoms with van der Waals surface area (Å²) in [7, 11) is 0. The molecule has 0 saturated carbocycles. The second-order valence-corrected chi connectivity index (χ2v) is 4.63. The molecular weight excluding hydrogens is 228 g/mol. The van der Waals surface area contributed by atoms with E-state index in [1.54, 1.807) is 4.90 Å². The lowest BCUT2D eigenvalue weighted by Gasteiger charge is -2.36. The van der Waals surface area contributed by atoms with Crippen LogP contribution in [-0.4, -0.2) is 34.8 Å². The van der Waals surface area contributed by atoms with Crippen molar-refractivity contribution in [3.8, 4) is 0 Å². The molecule has 1 aliphatic heterocycles. The van der Waals surface area contributed by atoms with Crippen molar-refractivity contribution in [2.75, 3.05) is 13.1 Å². The summed E-state index contributed by atoms with van der Waals surface area (Å²) in [6.07, 6.45) is 0. The van der Waals surface area contributed by atoms with Crippen LogP contribution in [0.3, 0.4) is 0 Å². The average Bonchev–Trinajstić information content (AvgIpc) is 2.40. The Kier molecular flexibility index (Phi) is 3.65. The van der Waals surface area contributed by atoms with Crippen molar-refractivity contribution < 1.29 is 9.59 Å². The van der Waals surface area contributed by atoms with E-state index in [0.29, 0.717) is 19.6 Å². The smallest absolute Gasteiger partial charge is 0.324 e. The van der Waals surface area contributed by atoms with Gasteiger partial charge in [0.05, 0.1) is 12.5 Å². The lowest BCUT2D eigenvalue weighted by atomic mass is 10.1. The predicted molar refractivity (Wildman–Crippen MR) is 68.8 cm³/mol. The van der Waals surface area contributed by atoms with Crippen LogP contribution >= 0.6 is 0 Å². The minimum absolute atomic E-state index is 0.0754. The van der Waals surface area contributed by atoms with Gasteiger partial charge in [0.1, 0.15) is 0 Å². The third kappa shape index (κ3) is 2.37. The molecule has 1 aromatic rings. The number of carbonyl (C=O) groups is 2. The minimum Gasteiger partial charge on any atom is -0.324 e. The maximum Gasteiger partial charge on any atom is 0.327 e. The fourth-order valence-electron chi connectivity index (χ4n) is 2.19. The minimum atomic E-state index is -0.176. The van der Waals surface area contributed by atoms with E-state index in [4.69, 9.17) is 0 Å². The van der Waals surface area contributed by atoms with Gasteiger partial charge in [0.25, 0.3) is 0 Å². The Balaban J connectivity index is 2.18. The lowest BCUT2D eigenvalue weighted by molar-refractivity contribution is -0.135. The summed E-state index contributed by atoms with van der Waals surface area (Å²) in [5.74, 6) is -0.195. The average molecular weight is 246 g/mol. The Morgan fingerprint density at radius 3 is 2.50 bits per heavy atom. The van der Waals surface area contributed by atoms with E-state index < -0.39 is 0 Å². The molecule has 1 aliphatic rings. The SMILES string of the molecule is CCN1CC(C)C(=O)N(Cc2ccccc2)C1=O. The molecule has 0 aliphatic carbocycles. The van der Waals surface area contributed by atoms with Crippen LogP contribution in [-0.2, 0) is 11.3 Å². The van der Waals surface area contributed by atoms with E-state index in [-0.39, 0.29) is 17.9 Å². The molecule has 2 rings (SSSR count). The number of nitrogens with zero attached hydrogens (tertiary/aromatic N) is 2. The van der Waals surface area contributed by atoms with Crippen molar-refractivity contribution in [1.82, 2.24) is 9.80 Å². The molecule has 4 heteroatoms. The summed E-state index contributed by atoms with van der Waals surface area (Å²) in [5, 5.41) is 0. The van der Waals surface area contributed by atoms with Gasteiger partial charge in [-0.2, -0.15) is 0 Å². The Morgan fingerprint density at radius 1 is 1.22 bits per heavy atom.